The van der Waals surface area contributed by atoms with Crippen LogP contribution >= 0.6 is 31.9 Å². The van der Waals surface area contributed by atoms with E-state index in [9.17, 15) is 0 Å². The van der Waals surface area contributed by atoms with Crippen LogP contribution in [0.3, 0.4) is 0 Å². The molecule has 5 nitrogen and oxygen atoms in total. The minimum Gasteiger partial charge on any atom is -0.495 e. The molecule has 108 valence electrons. The SMILES string of the molecule is COc1cc(Nc2cc3[nH]ncc3cc2N)c(Br)cc1Br. The molecule has 3 rings (SSSR count). The smallest absolute Gasteiger partial charge is 0.135 e. The number of nitrogens with two attached hydrogens (primary N) is 1. The van der Waals surface area contributed by atoms with E-state index < -0.39 is 0 Å². The molecule has 0 spiro atoms. The summed E-state index contributed by atoms with van der Waals surface area (Å²) in [6, 6.07) is 7.63. The molecule has 0 aliphatic heterocycles. The van der Waals surface area contributed by atoms with Gasteiger partial charge in [0, 0.05) is 15.9 Å². The summed E-state index contributed by atoms with van der Waals surface area (Å²) in [5.74, 6) is 0.738. The maximum absolute atomic E-state index is 6.08. The second-order valence-electron chi connectivity index (χ2n) is 4.49. The quantitative estimate of drug-likeness (QED) is 0.557. The van der Waals surface area contributed by atoms with E-state index in [0.717, 1.165) is 37.0 Å². The highest BCUT2D eigenvalue weighted by atomic mass is 79.9. The largest absolute Gasteiger partial charge is 0.495 e. The topological polar surface area (TPSA) is 76.0 Å². The lowest BCUT2D eigenvalue weighted by atomic mass is 10.2. The van der Waals surface area contributed by atoms with Crippen LogP contribution in [-0.4, -0.2) is 17.3 Å². The Morgan fingerprint density at radius 2 is 1.95 bits per heavy atom. The number of fused-ring (bicyclic) bond motifs is 1. The van der Waals surface area contributed by atoms with Gasteiger partial charge in [0.05, 0.1) is 40.4 Å². The van der Waals surface area contributed by atoms with Gasteiger partial charge in [-0.1, -0.05) is 0 Å². The van der Waals surface area contributed by atoms with Crippen LogP contribution in [0.5, 0.6) is 5.75 Å². The van der Waals surface area contributed by atoms with Crippen molar-refractivity contribution < 1.29 is 4.74 Å². The number of halogens is 2. The van der Waals surface area contributed by atoms with Crippen LogP contribution in [0.1, 0.15) is 0 Å². The van der Waals surface area contributed by atoms with E-state index in [4.69, 9.17) is 10.5 Å². The lowest BCUT2D eigenvalue weighted by molar-refractivity contribution is 0.412. The molecule has 0 amide bonds. The highest BCUT2D eigenvalue weighted by molar-refractivity contribution is 9.11. The van der Waals surface area contributed by atoms with Gasteiger partial charge >= 0.3 is 0 Å². The molecule has 0 fully saturated rings. The third-order valence-corrected chi connectivity index (χ3v) is 4.40. The predicted octanol–water partition coefficient (Wildman–Crippen LogP) is 4.42. The van der Waals surface area contributed by atoms with Crippen molar-refractivity contribution in [2.45, 2.75) is 0 Å². The first-order chi connectivity index (χ1) is 10.1. The van der Waals surface area contributed by atoms with E-state index in [0.29, 0.717) is 5.69 Å². The highest BCUT2D eigenvalue weighted by Gasteiger charge is 2.10. The number of hydrogen-bond acceptors (Lipinski definition) is 4. The predicted molar refractivity (Wildman–Crippen MR) is 92.2 cm³/mol. The summed E-state index contributed by atoms with van der Waals surface area (Å²) < 4.78 is 7.09. The molecule has 0 aliphatic carbocycles. The Hall–Kier alpha value is -1.73. The van der Waals surface area contributed by atoms with Crippen LogP contribution in [-0.2, 0) is 0 Å². The molecule has 7 heteroatoms. The summed E-state index contributed by atoms with van der Waals surface area (Å²) in [5.41, 5.74) is 9.32. The second kappa shape index (κ2) is 5.57. The lowest BCUT2D eigenvalue weighted by Crippen LogP contribution is -1.98. The Bertz CT molecular complexity index is 816. The summed E-state index contributed by atoms with van der Waals surface area (Å²) in [7, 11) is 1.63. The van der Waals surface area contributed by atoms with Crippen molar-refractivity contribution in [1.29, 1.82) is 0 Å². The number of ether oxygens (including phenoxy) is 1. The van der Waals surface area contributed by atoms with Crippen LogP contribution in [0.15, 0.2) is 39.4 Å². The number of benzene rings is 2. The molecule has 0 saturated carbocycles. The Morgan fingerprint density at radius 1 is 1.14 bits per heavy atom. The molecule has 1 heterocycles. The van der Waals surface area contributed by atoms with Crippen LogP contribution in [0.2, 0.25) is 0 Å². The Balaban J connectivity index is 2.03. The highest BCUT2D eigenvalue weighted by Crippen LogP contribution is 2.37. The number of nitrogen functional groups attached to an aromatic ring is 1. The van der Waals surface area contributed by atoms with Crippen molar-refractivity contribution in [3.8, 4) is 5.75 Å². The number of aromatic amines is 1. The average Bonchev–Trinajstić information content (AvgIpc) is 2.89. The number of rotatable bonds is 3. The minimum atomic E-state index is 0.651. The number of aromatic nitrogens is 2. The fourth-order valence-electron chi connectivity index (χ4n) is 2.04. The number of H-pyrrole nitrogens is 1. The van der Waals surface area contributed by atoms with E-state index in [1.807, 2.05) is 24.3 Å². The van der Waals surface area contributed by atoms with Gasteiger partial charge in [0.15, 0.2) is 0 Å². The first kappa shape index (κ1) is 14.2. The van der Waals surface area contributed by atoms with E-state index in [1.165, 1.54) is 0 Å². The minimum absolute atomic E-state index is 0.651. The third-order valence-electron chi connectivity index (χ3n) is 3.12. The molecule has 4 N–H and O–H groups in total. The number of nitrogens with zero attached hydrogens (tertiary/aromatic N) is 1. The van der Waals surface area contributed by atoms with Gasteiger partial charge in [-0.05, 0) is 50.1 Å². The van der Waals surface area contributed by atoms with Crippen LogP contribution in [0.25, 0.3) is 10.9 Å². The molecule has 0 radical (unpaired) electrons. The van der Waals surface area contributed by atoms with Gasteiger partial charge in [-0.25, -0.2) is 0 Å². The lowest BCUT2D eigenvalue weighted by Gasteiger charge is -2.13. The van der Waals surface area contributed by atoms with E-state index in [1.54, 1.807) is 13.3 Å². The normalized spacial score (nSPS) is 10.8. The molecule has 0 saturated heterocycles. The zero-order chi connectivity index (χ0) is 15.0. The molecular formula is C14H12Br2N4O. The van der Waals surface area contributed by atoms with Crippen LogP contribution < -0.4 is 15.8 Å². The van der Waals surface area contributed by atoms with E-state index in [-0.39, 0.29) is 0 Å². The summed E-state index contributed by atoms with van der Waals surface area (Å²) >= 11 is 6.97. The molecule has 0 aliphatic rings. The molecular weight excluding hydrogens is 400 g/mol. The molecule has 0 unspecified atom stereocenters. The van der Waals surface area contributed by atoms with Crippen molar-refractivity contribution >= 4 is 59.8 Å². The Labute approximate surface area is 138 Å². The molecule has 21 heavy (non-hydrogen) atoms. The average molecular weight is 412 g/mol. The van der Waals surface area contributed by atoms with Crippen molar-refractivity contribution in [3.05, 3.63) is 39.4 Å². The summed E-state index contributed by atoms with van der Waals surface area (Å²) in [6.07, 6.45) is 1.74. The molecule has 3 aromatic rings. The van der Waals surface area contributed by atoms with Crippen molar-refractivity contribution in [2.24, 2.45) is 0 Å². The summed E-state index contributed by atoms with van der Waals surface area (Å²) in [6.45, 7) is 0. The maximum Gasteiger partial charge on any atom is 0.135 e. The fourth-order valence-corrected chi connectivity index (χ4v) is 3.30. The van der Waals surface area contributed by atoms with Crippen molar-refractivity contribution in [2.75, 3.05) is 18.2 Å². The van der Waals surface area contributed by atoms with Gasteiger partial charge in [0.2, 0.25) is 0 Å². The number of nitrogens with one attached hydrogen (secondary N) is 2. The number of anilines is 3. The van der Waals surface area contributed by atoms with Crippen molar-refractivity contribution in [3.63, 3.8) is 0 Å². The monoisotopic (exact) mass is 410 g/mol. The molecule has 0 bridgehead atoms. The summed E-state index contributed by atoms with van der Waals surface area (Å²) in [5, 5.41) is 11.2. The molecule has 2 aromatic carbocycles. The second-order valence-corrected chi connectivity index (χ2v) is 6.20. The number of methoxy groups -OCH3 is 1. The standard InChI is InChI=1S/C14H12Br2N4O/c1-21-14-5-12(8(15)3-9(14)16)19-13-4-11-7(2-10(13)17)6-18-20-11/h2-6,19H,17H2,1H3,(H,18,20). The molecule has 0 atom stereocenters. The van der Waals surface area contributed by atoms with Crippen LogP contribution in [0, 0.1) is 0 Å². The van der Waals surface area contributed by atoms with E-state index >= 15 is 0 Å². The first-order valence-electron chi connectivity index (χ1n) is 6.11. The van der Waals surface area contributed by atoms with Gasteiger partial charge < -0.3 is 15.8 Å². The van der Waals surface area contributed by atoms with Crippen molar-refractivity contribution in [1.82, 2.24) is 10.2 Å². The number of hydrogen-bond donors (Lipinski definition) is 3. The van der Waals surface area contributed by atoms with Gasteiger partial charge in [0.1, 0.15) is 5.75 Å². The van der Waals surface area contributed by atoms with Crippen LogP contribution in [0.4, 0.5) is 17.1 Å². The summed E-state index contributed by atoms with van der Waals surface area (Å²) in [4.78, 5) is 0. The Kier molecular flexibility index (Phi) is 3.77. The first-order valence-corrected chi connectivity index (χ1v) is 7.69. The third kappa shape index (κ3) is 2.71. The van der Waals surface area contributed by atoms with Gasteiger partial charge in [-0.2, -0.15) is 5.10 Å². The Morgan fingerprint density at radius 3 is 2.71 bits per heavy atom. The zero-order valence-electron chi connectivity index (χ0n) is 11.1. The van der Waals surface area contributed by atoms with E-state index in [2.05, 4.69) is 47.4 Å². The van der Waals surface area contributed by atoms with Gasteiger partial charge in [0.25, 0.3) is 0 Å². The van der Waals surface area contributed by atoms with Gasteiger partial charge in [-0.3, -0.25) is 5.10 Å². The fraction of sp³-hybridized carbons (Fsp3) is 0.0714. The van der Waals surface area contributed by atoms with Gasteiger partial charge in [-0.15, -0.1) is 0 Å². The maximum atomic E-state index is 6.08. The molecule has 1 aromatic heterocycles. The zero-order valence-corrected chi connectivity index (χ0v) is 14.2.